The highest BCUT2D eigenvalue weighted by Gasteiger charge is 2.44. The number of benzene rings is 1. The van der Waals surface area contributed by atoms with E-state index in [1.54, 1.807) is 0 Å². The summed E-state index contributed by atoms with van der Waals surface area (Å²) in [6.07, 6.45) is 5.63. The number of anilines is 1. The van der Waals surface area contributed by atoms with Gasteiger partial charge in [0.2, 0.25) is 12.2 Å². The van der Waals surface area contributed by atoms with E-state index in [0.717, 1.165) is 31.2 Å². The minimum absolute atomic E-state index is 0.109. The lowest BCUT2D eigenvalue weighted by atomic mass is 9.86. The zero-order valence-electron chi connectivity index (χ0n) is 12.6. The Morgan fingerprint density at radius 2 is 1.83 bits per heavy atom. The highest BCUT2D eigenvalue weighted by atomic mass is 16.6. The zero-order valence-corrected chi connectivity index (χ0v) is 12.6. The first-order valence-electron chi connectivity index (χ1n) is 7.58. The number of hydrogen-bond acceptors (Lipinski definition) is 4. The van der Waals surface area contributed by atoms with E-state index in [1.807, 2.05) is 30.3 Å². The van der Waals surface area contributed by atoms with Crippen LogP contribution in [-0.4, -0.2) is 16.3 Å². The van der Waals surface area contributed by atoms with E-state index >= 15 is 0 Å². The second-order valence-electron chi connectivity index (χ2n) is 5.68. The molecule has 118 valence electrons. The quantitative estimate of drug-likeness (QED) is 0.481. The van der Waals surface area contributed by atoms with Crippen LogP contribution >= 0.6 is 0 Å². The second-order valence-corrected chi connectivity index (χ2v) is 5.68. The van der Waals surface area contributed by atoms with E-state index in [1.165, 1.54) is 23.2 Å². The maximum absolute atomic E-state index is 11.9. The molecule has 3 rings (SSSR count). The van der Waals surface area contributed by atoms with Crippen molar-refractivity contribution in [3.05, 3.63) is 64.3 Å². The van der Waals surface area contributed by atoms with Gasteiger partial charge in [-0.05, 0) is 24.5 Å². The largest absolute Gasteiger partial charge is 0.312 e. The van der Waals surface area contributed by atoms with Crippen LogP contribution in [0.15, 0.2) is 48.7 Å². The number of carbonyl (C=O) groups is 1. The van der Waals surface area contributed by atoms with Crippen LogP contribution in [-0.2, 0) is 10.3 Å². The lowest BCUT2D eigenvalue weighted by Crippen LogP contribution is -2.44. The van der Waals surface area contributed by atoms with Crippen molar-refractivity contribution in [2.75, 3.05) is 4.90 Å². The number of rotatable bonds is 5. The average Bonchev–Trinajstić information content (AvgIpc) is 3.07. The molecular formula is C17H17N3O3. The van der Waals surface area contributed by atoms with Gasteiger partial charge in [0.05, 0.1) is 10.5 Å². The monoisotopic (exact) mass is 311 g/mol. The Kier molecular flexibility index (Phi) is 4.06. The van der Waals surface area contributed by atoms with Gasteiger partial charge >= 0.3 is 5.69 Å². The van der Waals surface area contributed by atoms with Gasteiger partial charge in [-0.15, -0.1) is 0 Å². The molecule has 6 nitrogen and oxygen atoms in total. The van der Waals surface area contributed by atoms with E-state index in [0.29, 0.717) is 6.41 Å². The Bertz CT molecular complexity index is 712. The summed E-state index contributed by atoms with van der Waals surface area (Å²) in [5.41, 5.74) is 0.272. The molecule has 1 amide bonds. The summed E-state index contributed by atoms with van der Waals surface area (Å²) >= 11 is 0. The Labute approximate surface area is 133 Å². The second kappa shape index (κ2) is 6.16. The third-order valence-corrected chi connectivity index (χ3v) is 4.50. The van der Waals surface area contributed by atoms with Gasteiger partial charge in [-0.2, -0.15) is 0 Å². The summed E-state index contributed by atoms with van der Waals surface area (Å²) in [6.45, 7) is 0. The van der Waals surface area contributed by atoms with Crippen molar-refractivity contribution >= 4 is 17.9 Å². The molecule has 0 radical (unpaired) electrons. The lowest BCUT2D eigenvalue weighted by Gasteiger charge is -2.38. The van der Waals surface area contributed by atoms with Crippen molar-refractivity contribution in [1.29, 1.82) is 0 Å². The minimum atomic E-state index is -0.567. The van der Waals surface area contributed by atoms with Crippen molar-refractivity contribution in [2.24, 2.45) is 0 Å². The fraction of sp³-hybridized carbons (Fsp3) is 0.294. The number of nitro groups is 1. The summed E-state index contributed by atoms with van der Waals surface area (Å²) in [6, 6.07) is 12.6. The Balaban J connectivity index is 2.15. The molecule has 0 spiro atoms. The first-order chi connectivity index (χ1) is 11.2. The summed E-state index contributed by atoms with van der Waals surface area (Å²) < 4.78 is 0. The molecule has 1 fully saturated rings. The van der Waals surface area contributed by atoms with Gasteiger partial charge < -0.3 is 0 Å². The summed E-state index contributed by atoms with van der Waals surface area (Å²) in [5, 5.41) is 11.3. The first-order valence-corrected chi connectivity index (χ1v) is 7.58. The normalized spacial score (nSPS) is 16.0. The minimum Gasteiger partial charge on any atom is -0.283 e. The van der Waals surface area contributed by atoms with E-state index in [2.05, 4.69) is 4.98 Å². The number of carbonyl (C=O) groups excluding carboxylic acids is 1. The van der Waals surface area contributed by atoms with Crippen molar-refractivity contribution in [1.82, 2.24) is 4.98 Å². The van der Waals surface area contributed by atoms with Crippen LogP contribution in [0, 0.1) is 10.1 Å². The van der Waals surface area contributed by atoms with E-state index in [-0.39, 0.29) is 11.5 Å². The van der Waals surface area contributed by atoms with E-state index in [4.69, 9.17) is 0 Å². The predicted molar refractivity (Wildman–Crippen MR) is 86.0 cm³/mol. The van der Waals surface area contributed by atoms with Crippen LogP contribution in [0.2, 0.25) is 0 Å². The standard InChI is InChI=1S/C17H17N3O3/c21-13-19(16-15(20(22)23)9-6-12-18-16)17(10-4-5-11-17)14-7-2-1-3-8-14/h1-3,6-9,12-13H,4-5,10-11H2. The third-order valence-electron chi connectivity index (χ3n) is 4.50. The van der Waals surface area contributed by atoms with Crippen LogP contribution in [0.1, 0.15) is 31.2 Å². The Hall–Kier alpha value is -2.76. The zero-order chi connectivity index (χ0) is 16.3. The highest BCUT2D eigenvalue weighted by Crippen LogP contribution is 2.46. The van der Waals surface area contributed by atoms with Crippen LogP contribution < -0.4 is 4.90 Å². The molecule has 1 saturated carbocycles. The average molecular weight is 311 g/mol. The van der Waals surface area contributed by atoms with Gasteiger partial charge in [0, 0.05) is 12.3 Å². The summed E-state index contributed by atoms with van der Waals surface area (Å²) in [7, 11) is 0. The SMILES string of the molecule is O=CN(c1ncccc1[N+](=O)[O-])C1(c2ccccc2)CCCC1. The smallest absolute Gasteiger partial charge is 0.283 e. The predicted octanol–water partition coefficient (Wildman–Crippen LogP) is 3.42. The molecule has 0 atom stereocenters. The van der Waals surface area contributed by atoms with Crippen molar-refractivity contribution in [2.45, 2.75) is 31.2 Å². The van der Waals surface area contributed by atoms with Crippen LogP contribution in [0.25, 0.3) is 0 Å². The molecule has 1 aliphatic rings. The molecule has 1 aromatic heterocycles. The van der Waals surface area contributed by atoms with E-state index in [9.17, 15) is 14.9 Å². The van der Waals surface area contributed by atoms with Gasteiger partial charge in [0.15, 0.2) is 0 Å². The van der Waals surface area contributed by atoms with Crippen LogP contribution in [0.4, 0.5) is 11.5 Å². The molecule has 23 heavy (non-hydrogen) atoms. The number of hydrogen-bond donors (Lipinski definition) is 0. The molecule has 2 aromatic rings. The lowest BCUT2D eigenvalue weighted by molar-refractivity contribution is -0.384. The fourth-order valence-corrected chi connectivity index (χ4v) is 3.45. The van der Waals surface area contributed by atoms with Crippen LogP contribution in [0.5, 0.6) is 0 Å². The molecule has 0 aliphatic heterocycles. The number of aromatic nitrogens is 1. The summed E-state index contributed by atoms with van der Waals surface area (Å²) in [5.74, 6) is 0.109. The molecule has 6 heteroatoms. The highest BCUT2D eigenvalue weighted by molar-refractivity contribution is 5.80. The molecule has 0 saturated heterocycles. The van der Waals surface area contributed by atoms with Crippen molar-refractivity contribution < 1.29 is 9.72 Å². The fourth-order valence-electron chi connectivity index (χ4n) is 3.45. The number of nitrogens with zero attached hydrogens (tertiary/aromatic N) is 3. The molecular weight excluding hydrogens is 294 g/mol. The van der Waals surface area contributed by atoms with Gasteiger partial charge in [-0.1, -0.05) is 43.2 Å². The Morgan fingerprint density at radius 1 is 1.13 bits per heavy atom. The molecule has 0 bridgehead atoms. The third kappa shape index (κ3) is 2.56. The van der Waals surface area contributed by atoms with Gasteiger partial charge in [0.1, 0.15) is 0 Å². The first kappa shape index (κ1) is 15.1. The van der Waals surface area contributed by atoms with Crippen LogP contribution in [0.3, 0.4) is 0 Å². The van der Waals surface area contributed by atoms with Gasteiger partial charge in [-0.3, -0.25) is 19.8 Å². The van der Waals surface area contributed by atoms with Crippen molar-refractivity contribution in [3.63, 3.8) is 0 Å². The van der Waals surface area contributed by atoms with Gasteiger partial charge in [-0.25, -0.2) is 4.98 Å². The number of amides is 1. The maximum Gasteiger partial charge on any atom is 0.312 e. The maximum atomic E-state index is 11.9. The van der Waals surface area contributed by atoms with Gasteiger partial charge in [0.25, 0.3) is 0 Å². The molecule has 1 heterocycles. The summed E-state index contributed by atoms with van der Waals surface area (Å²) in [4.78, 5) is 28.3. The van der Waals surface area contributed by atoms with Crippen molar-refractivity contribution in [3.8, 4) is 0 Å². The molecule has 0 N–H and O–H groups in total. The molecule has 1 aliphatic carbocycles. The Morgan fingerprint density at radius 3 is 2.43 bits per heavy atom. The molecule has 0 unspecified atom stereocenters. The topological polar surface area (TPSA) is 76.3 Å². The molecule has 1 aromatic carbocycles. The number of pyridine rings is 1. The van der Waals surface area contributed by atoms with E-state index < -0.39 is 10.5 Å².